The molecule has 2 rings (SSSR count). The third-order valence-electron chi connectivity index (χ3n) is 3.61. The fourth-order valence-electron chi connectivity index (χ4n) is 1.96. The first-order valence-electron chi connectivity index (χ1n) is 7.31. The number of nitrogens with zero attached hydrogens (tertiary/aromatic N) is 1. The molecule has 0 spiro atoms. The van der Waals surface area contributed by atoms with Gasteiger partial charge in [0.1, 0.15) is 0 Å². The molecule has 0 aliphatic heterocycles. The van der Waals surface area contributed by atoms with Crippen molar-refractivity contribution in [3.8, 4) is 0 Å². The van der Waals surface area contributed by atoms with Gasteiger partial charge in [-0.1, -0.05) is 55.4 Å². The van der Waals surface area contributed by atoms with Crippen LogP contribution in [0.4, 0.5) is 0 Å². The van der Waals surface area contributed by atoms with Crippen molar-refractivity contribution in [2.75, 3.05) is 0 Å². The van der Waals surface area contributed by atoms with Gasteiger partial charge in [0.15, 0.2) is 5.16 Å². The summed E-state index contributed by atoms with van der Waals surface area (Å²) < 4.78 is 0. The molecule has 1 unspecified atom stereocenters. The third-order valence-corrected chi connectivity index (χ3v) is 4.76. The molecule has 0 fully saturated rings. The Morgan fingerprint density at radius 1 is 1.24 bits per heavy atom. The van der Waals surface area contributed by atoms with Gasteiger partial charge in [-0.3, -0.25) is 4.79 Å². The molecule has 0 bridgehead atoms. The van der Waals surface area contributed by atoms with E-state index in [2.05, 4.69) is 55.0 Å². The van der Waals surface area contributed by atoms with E-state index in [9.17, 15) is 4.79 Å². The molecule has 1 atom stereocenters. The summed E-state index contributed by atoms with van der Waals surface area (Å²) in [6, 6.07) is 8.37. The lowest BCUT2D eigenvalue weighted by Gasteiger charge is -2.10. The van der Waals surface area contributed by atoms with E-state index in [1.165, 1.54) is 11.1 Å². The van der Waals surface area contributed by atoms with Gasteiger partial charge in [0, 0.05) is 17.2 Å². The molecular formula is C17H22N2OS. The van der Waals surface area contributed by atoms with E-state index in [4.69, 9.17) is 0 Å². The number of hydrogen-bond acceptors (Lipinski definition) is 3. The average molecular weight is 302 g/mol. The van der Waals surface area contributed by atoms with E-state index in [0.717, 1.165) is 17.3 Å². The molecule has 0 amide bonds. The zero-order valence-electron chi connectivity index (χ0n) is 13.1. The topological polar surface area (TPSA) is 45.8 Å². The van der Waals surface area contributed by atoms with Crippen LogP contribution in [0.25, 0.3) is 0 Å². The van der Waals surface area contributed by atoms with Crippen LogP contribution in [-0.2, 0) is 6.42 Å². The zero-order chi connectivity index (χ0) is 15.4. The Balaban J connectivity index is 2.29. The van der Waals surface area contributed by atoms with Gasteiger partial charge in [0.25, 0.3) is 5.56 Å². The Bertz CT molecular complexity index is 661. The summed E-state index contributed by atoms with van der Waals surface area (Å²) in [6.45, 7) is 8.19. The Morgan fingerprint density at radius 3 is 2.52 bits per heavy atom. The van der Waals surface area contributed by atoms with Crippen LogP contribution in [0.3, 0.4) is 0 Å². The molecule has 0 aliphatic rings. The molecule has 3 nitrogen and oxygen atoms in total. The molecule has 0 saturated carbocycles. The fraction of sp³-hybridized carbons (Fsp3) is 0.412. The lowest BCUT2D eigenvalue weighted by Crippen LogP contribution is -2.16. The number of nitrogens with one attached hydrogen (secondary N) is 1. The molecule has 1 heterocycles. The maximum Gasteiger partial charge on any atom is 0.254 e. The predicted octanol–water partition coefficient (Wildman–Crippen LogP) is 3.87. The van der Waals surface area contributed by atoms with Crippen molar-refractivity contribution in [1.29, 1.82) is 0 Å². The summed E-state index contributed by atoms with van der Waals surface area (Å²) >= 11 is 1.63. The molecular weight excluding hydrogens is 280 g/mol. The third kappa shape index (κ3) is 4.21. The number of hydrogen-bond donors (Lipinski definition) is 1. The summed E-state index contributed by atoms with van der Waals surface area (Å²) in [7, 11) is 0. The van der Waals surface area contributed by atoms with E-state index in [1.807, 2.05) is 6.92 Å². The van der Waals surface area contributed by atoms with Crippen molar-refractivity contribution in [2.45, 2.75) is 50.9 Å². The highest BCUT2D eigenvalue weighted by Gasteiger charge is 2.11. The van der Waals surface area contributed by atoms with Gasteiger partial charge >= 0.3 is 0 Å². The highest BCUT2D eigenvalue weighted by atomic mass is 32.2. The SMILES string of the molecule is CCC(C)Sc1nc(Cc2ccc(C)cc2)c(C)c(=O)[nH]1. The van der Waals surface area contributed by atoms with Crippen LogP contribution in [0.1, 0.15) is 42.7 Å². The van der Waals surface area contributed by atoms with Crippen molar-refractivity contribution in [2.24, 2.45) is 0 Å². The summed E-state index contributed by atoms with van der Waals surface area (Å²) in [5.74, 6) is 0. The summed E-state index contributed by atoms with van der Waals surface area (Å²) in [5.41, 5.74) is 3.97. The van der Waals surface area contributed by atoms with Crippen molar-refractivity contribution >= 4 is 11.8 Å². The van der Waals surface area contributed by atoms with Crippen LogP contribution in [0.5, 0.6) is 0 Å². The van der Waals surface area contributed by atoms with Gasteiger partial charge in [-0.05, 0) is 25.8 Å². The molecule has 4 heteroatoms. The normalized spacial score (nSPS) is 12.4. The first-order chi connectivity index (χ1) is 9.99. The van der Waals surface area contributed by atoms with Crippen LogP contribution < -0.4 is 5.56 Å². The van der Waals surface area contributed by atoms with Crippen molar-refractivity contribution in [3.63, 3.8) is 0 Å². The van der Waals surface area contributed by atoms with Crippen LogP contribution in [0, 0.1) is 13.8 Å². The van der Waals surface area contributed by atoms with Gasteiger partial charge in [0.05, 0.1) is 5.69 Å². The zero-order valence-corrected chi connectivity index (χ0v) is 13.9. The highest BCUT2D eigenvalue weighted by Crippen LogP contribution is 2.21. The predicted molar refractivity (Wildman–Crippen MR) is 89.2 cm³/mol. The number of thioether (sulfide) groups is 1. The minimum atomic E-state index is -0.0297. The van der Waals surface area contributed by atoms with E-state index in [-0.39, 0.29) is 5.56 Å². The number of benzene rings is 1. The Kier molecular flexibility index (Phi) is 5.23. The van der Waals surface area contributed by atoms with Crippen LogP contribution >= 0.6 is 11.8 Å². The van der Waals surface area contributed by atoms with E-state index < -0.39 is 0 Å². The van der Waals surface area contributed by atoms with Gasteiger partial charge in [-0.2, -0.15) is 0 Å². The molecule has 1 aromatic carbocycles. The van der Waals surface area contributed by atoms with Crippen LogP contribution in [0.15, 0.2) is 34.2 Å². The van der Waals surface area contributed by atoms with E-state index >= 15 is 0 Å². The summed E-state index contributed by atoms with van der Waals surface area (Å²) in [4.78, 5) is 19.6. The Morgan fingerprint density at radius 2 is 1.90 bits per heavy atom. The molecule has 2 aromatic rings. The molecule has 1 N–H and O–H groups in total. The van der Waals surface area contributed by atoms with Crippen molar-refractivity contribution in [3.05, 3.63) is 57.0 Å². The monoisotopic (exact) mass is 302 g/mol. The highest BCUT2D eigenvalue weighted by molar-refractivity contribution is 7.99. The minimum absolute atomic E-state index is 0.0297. The quantitative estimate of drug-likeness (QED) is 0.673. The summed E-state index contributed by atoms with van der Waals surface area (Å²) in [5, 5.41) is 1.17. The molecule has 112 valence electrons. The van der Waals surface area contributed by atoms with Gasteiger partial charge in [0.2, 0.25) is 0 Å². The smallest absolute Gasteiger partial charge is 0.254 e. The lowest BCUT2D eigenvalue weighted by molar-refractivity contribution is 0.839. The second kappa shape index (κ2) is 6.94. The minimum Gasteiger partial charge on any atom is -0.301 e. The van der Waals surface area contributed by atoms with Gasteiger partial charge in [-0.25, -0.2) is 4.98 Å². The first kappa shape index (κ1) is 15.8. The second-order valence-corrected chi connectivity index (χ2v) is 6.87. The number of aryl methyl sites for hydroxylation is 1. The van der Waals surface area contributed by atoms with Crippen LogP contribution in [-0.4, -0.2) is 15.2 Å². The second-order valence-electron chi connectivity index (χ2n) is 5.44. The molecule has 21 heavy (non-hydrogen) atoms. The molecule has 0 radical (unpaired) electrons. The molecule has 0 saturated heterocycles. The van der Waals surface area contributed by atoms with Gasteiger partial charge < -0.3 is 4.98 Å². The maximum absolute atomic E-state index is 12.1. The average Bonchev–Trinajstić information content (AvgIpc) is 2.46. The van der Waals surface area contributed by atoms with Crippen molar-refractivity contribution in [1.82, 2.24) is 9.97 Å². The van der Waals surface area contributed by atoms with E-state index in [0.29, 0.717) is 17.2 Å². The largest absolute Gasteiger partial charge is 0.301 e. The van der Waals surface area contributed by atoms with Crippen molar-refractivity contribution < 1.29 is 0 Å². The number of H-pyrrole nitrogens is 1. The number of aromatic nitrogens is 2. The Labute approximate surface area is 130 Å². The van der Waals surface area contributed by atoms with E-state index in [1.54, 1.807) is 11.8 Å². The maximum atomic E-state index is 12.1. The molecule has 0 aliphatic carbocycles. The molecule has 1 aromatic heterocycles. The Hall–Kier alpha value is -1.55. The standard InChI is InChI=1S/C17H22N2OS/c1-5-12(3)21-17-18-15(13(4)16(20)19-17)10-14-8-6-11(2)7-9-14/h6-9,12H,5,10H2,1-4H3,(H,18,19,20). The van der Waals surface area contributed by atoms with Crippen LogP contribution in [0.2, 0.25) is 0 Å². The van der Waals surface area contributed by atoms with Gasteiger partial charge in [-0.15, -0.1) is 0 Å². The lowest BCUT2D eigenvalue weighted by atomic mass is 10.1. The fourth-order valence-corrected chi connectivity index (χ4v) is 2.82. The number of rotatable bonds is 5. The first-order valence-corrected chi connectivity index (χ1v) is 8.19. The number of aromatic amines is 1. The summed E-state index contributed by atoms with van der Waals surface area (Å²) in [6.07, 6.45) is 1.75.